The fraction of sp³-hybridized carbons (Fsp3) is 0.474. The number of ether oxygens (including phenoxy) is 3. The Hall–Kier alpha value is -2.55. The molecule has 9 heteroatoms. The van der Waals surface area contributed by atoms with Crippen molar-refractivity contribution in [1.29, 1.82) is 0 Å². The molecule has 1 aromatic rings. The van der Waals surface area contributed by atoms with Crippen molar-refractivity contribution < 1.29 is 42.1 Å². The quantitative estimate of drug-likeness (QED) is 0.580. The van der Waals surface area contributed by atoms with Crippen LogP contribution in [0, 0.1) is 5.92 Å². The molecule has 3 atom stereocenters. The summed E-state index contributed by atoms with van der Waals surface area (Å²) in [6, 6.07) is 4.83. The van der Waals surface area contributed by atoms with Gasteiger partial charge in [0.15, 0.2) is 0 Å². The predicted octanol–water partition coefficient (Wildman–Crippen LogP) is 3.39. The summed E-state index contributed by atoms with van der Waals surface area (Å²) in [7, 11) is 0. The number of hydrogen-bond donors (Lipinski definition) is 1. The van der Waals surface area contributed by atoms with Gasteiger partial charge in [-0.25, -0.2) is 9.59 Å². The second-order valence-electron chi connectivity index (χ2n) is 6.61. The Morgan fingerprint density at radius 1 is 1.25 bits per heavy atom. The van der Waals surface area contributed by atoms with Gasteiger partial charge in [-0.3, -0.25) is 0 Å². The van der Waals surface area contributed by atoms with Gasteiger partial charge >= 0.3 is 18.3 Å². The Kier molecular flexibility index (Phi) is 7.06. The van der Waals surface area contributed by atoms with Crippen LogP contribution in [0.1, 0.15) is 36.5 Å². The lowest BCUT2D eigenvalue weighted by Gasteiger charge is -2.32. The van der Waals surface area contributed by atoms with Gasteiger partial charge in [0.05, 0.1) is 12.7 Å². The van der Waals surface area contributed by atoms with Gasteiger partial charge in [0.1, 0.15) is 17.4 Å². The molecular weight excluding hydrogens is 381 g/mol. The second-order valence-corrected chi connectivity index (χ2v) is 6.61. The van der Waals surface area contributed by atoms with E-state index in [2.05, 4.69) is 11.3 Å². The molecule has 1 saturated carbocycles. The summed E-state index contributed by atoms with van der Waals surface area (Å²) in [4.78, 5) is 23.7. The maximum absolute atomic E-state index is 12.5. The number of esters is 2. The van der Waals surface area contributed by atoms with Crippen LogP contribution in [0.3, 0.4) is 0 Å². The number of carbonyl (C=O) groups is 2. The summed E-state index contributed by atoms with van der Waals surface area (Å²) in [5.74, 6) is -2.33. The Morgan fingerprint density at radius 3 is 2.54 bits per heavy atom. The molecular formula is C19H21F3O6. The van der Waals surface area contributed by atoms with Crippen LogP contribution in [0.15, 0.2) is 36.4 Å². The van der Waals surface area contributed by atoms with E-state index in [-0.39, 0.29) is 36.5 Å². The highest BCUT2D eigenvalue weighted by Gasteiger charge is 2.35. The van der Waals surface area contributed by atoms with E-state index in [4.69, 9.17) is 9.47 Å². The second kappa shape index (κ2) is 9.09. The molecule has 28 heavy (non-hydrogen) atoms. The monoisotopic (exact) mass is 402 g/mol. The van der Waals surface area contributed by atoms with Gasteiger partial charge in [-0.15, -0.1) is 13.2 Å². The van der Waals surface area contributed by atoms with E-state index in [1.165, 1.54) is 19.1 Å². The van der Waals surface area contributed by atoms with E-state index >= 15 is 0 Å². The van der Waals surface area contributed by atoms with Gasteiger partial charge in [-0.2, -0.15) is 0 Å². The zero-order valence-electron chi connectivity index (χ0n) is 15.2. The first-order valence-electron chi connectivity index (χ1n) is 8.63. The third-order valence-electron chi connectivity index (χ3n) is 4.25. The van der Waals surface area contributed by atoms with Crippen LogP contribution in [0.2, 0.25) is 0 Å². The molecule has 1 aliphatic carbocycles. The molecule has 2 rings (SSSR count). The molecule has 1 fully saturated rings. The summed E-state index contributed by atoms with van der Waals surface area (Å²) >= 11 is 0. The topological polar surface area (TPSA) is 82.1 Å². The minimum Gasteiger partial charge on any atom is -0.462 e. The molecule has 0 amide bonds. The van der Waals surface area contributed by atoms with Crippen LogP contribution < -0.4 is 4.74 Å². The molecule has 0 bridgehead atoms. The van der Waals surface area contributed by atoms with Crippen molar-refractivity contribution in [2.24, 2.45) is 5.92 Å². The third-order valence-corrected chi connectivity index (χ3v) is 4.25. The normalized spacial score (nSPS) is 22.2. The first-order valence-corrected chi connectivity index (χ1v) is 8.63. The zero-order chi connectivity index (χ0) is 20.9. The zero-order valence-corrected chi connectivity index (χ0v) is 15.2. The molecule has 6 nitrogen and oxygen atoms in total. The van der Waals surface area contributed by atoms with E-state index in [0.29, 0.717) is 6.42 Å². The SMILES string of the molecule is C=C(C)C(=O)OCC1CCC(OC(=O)c2ccccc2OC(F)(F)F)C(O)C1. The van der Waals surface area contributed by atoms with Crippen LogP contribution >= 0.6 is 0 Å². The Balaban J connectivity index is 1.94. The van der Waals surface area contributed by atoms with Crippen molar-refractivity contribution in [3.63, 3.8) is 0 Å². The number of alkyl halides is 3. The molecule has 1 aromatic carbocycles. The van der Waals surface area contributed by atoms with Crippen LogP contribution in [0.4, 0.5) is 13.2 Å². The molecule has 0 aliphatic heterocycles. The van der Waals surface area contributed by atoms with Crippen molar-refractivity contribution in [3.8, 4) is 5.75 Å². The predicted molar refractivity (Wildman–Crippen MR) is 91.4 cm³/mol. The molecule has 154 valence electrons. The van der Waals surface area contributed by atoms with Crippen molar-refractivity contribution >= 4 is 11.9 Å². The number of carbonyl (C=O) groups excluding carboxylic acids is 2. The molecule has 1 N–H and O–H groups in total. The van der Waals surface area contributed by atoms with Gasteiger partial charge in [0.2, 0.25) is 0 Å². The van der Waals surface area contributed by atoms with Crippen molar-refractivity contribution in [2.45, 2.75) is 44.8 Å². The van der Waals surface area contributed by atoms with Crippen LogP contribution in [-0.2, 0) is 14.3 Å². The van der Waals surface area contributed by atoms with Crippen molar-refractivity contribution in [1.82, 2.24) is 0 Å². The smallest absolute Gasteiger partial charge is 0.462 e. The van der Waals surface area contributed by atoms with E-state index in [0.717, 1.165) is 12.1 Å². The fourth-order valence-electron chi connectivity index (χ4n) is 2.86. The van der Waals surface area contributed by atoms with Gasteiger partial charge in [-0.05, 0) is 44.2 Å². The summed E-state index contributed by atoms with van der Waals surface area (Å²) in [6.45, 7) is 5.10. The number of rotatable bonds is 6. The minimum atomic E-state index is -4.95. The third kappa shape index (κ3) is 6.26. The molecule has 0 aromatic heterocycles. The first kappa shape index (κ1) is 21.7. The lowest BCUT2D eigenvalue weighted by Crippen LogP contribution is -2.38. The van der Waals surface area contributed by atoms with Crippen LogP contribution in [0.5, 0.6) is 5.75 Å². The summed E-state index contributed by atoms with van der Waals surface area (Å²) < 4.78 is 51.5. The summed E-state index contributed by atoms with van der Waals surface area (Å²) in [5.41, 5.74) is -0.118. The highest BCUT2D eigenvalue weighted by molar-refractivity contribution is 5.92. The Morgan fingerprint density at radius 2 is 1.93 bits per heavy atom. The lowest BCUT2D eigenvalue weighted by molar-refractivity contribution is -0.274. The van der Waals surface area contributed by atoms with E-state index in [1.807, 2.05) is 0 Å². The molecule has 0 heterocycles. The average Bonchev–Trinajstić information content (AvgIpc) is 2.60. The molecule has 0 spiro atoms. The highest BCUT2D eigenvalue weighted by atomic mass is 19.4. The fourth-order valence-corrected chi connectivity index (χ4v) is 2.86. The lowest BCUT2D eigenvalue weighted by atomic mass is 9.85. The number of benzene rings is 1. The van der Waals surface area contributed by atoms with Gasteiger partial charge in [0, 0.05) is 5.57 Å². The number of aliphatic hydroxyl groups excluding tert-OH is 1. The summed E-state index contributed by atoms with van der Waals surface area (Å²) in [6.07, 6.45) is -5.83. The Labute approximate surface area is 159 Å². The maximum atomic E-state index is 12.5. The highest BCUT2D eigenvalue weighted by Crippen LogP contribution is 2.30. The summed E-state index contributed by atoms with van der Waals surface area (Å²) in [5, 5.41) is 10.2. The largest absolute Gasteiger partial charge is 0.573 e. The molecule has 1 aliphatic rings. The van der Waals surface area contributed by atoms with Crippen molar-refractivity contribution in [2.75, 3.05) is 6.61 Å². The first-order chi connectivity index (χ1) is 13.1. The van der Waals surface area contributed by atoms with Gasteiger partial charge in [0.25, 0.3) is 0 Å². The van der Waals surface area contributed by atoms with Gasteiger partial charge < -0.3 is 19.3 Å². The van der Waals surface area contributed by atoms with Crippen LogP contribution in [0.25, 0.3) is 0 Å². The number of halogens is 3. The number of aliphatic hydroxyl groups is 1. The Bertz CT molecular complexity index is 731. The average molecular weight is 402 g/mol. The van der Waals surface area contributed by atoms with Crippen LogP contribution in [-0.4, -0.2) is 42.2 Å². The molecule has 0 saturated heterocycles. The number of para-hydroxylation sites is 1. The van der Waals surface area contributed by atoms with Crippen molar-refractivity contribution in [3.05, 3.63) is 42.0 Å². The molecule has 0 radical (unpaired) electrons. The molecule has 3 unspecified atom stereocenters. The van der Waals surface area contributed by atoms with E-state index in [9.17, 15) is 27.9 Å². The minimum absolute atomic E-state index is 0.103. The van der Waals surface area contributed by atoms with E-state index < -0.39 is 36.3 Å². The van der Waals surface area contributed by atoms with E-state index in [1.54, 1.807) is 0 Å². The van der Waals surface area contributed by atoms with Gasteiger partial charge in [-0.1, -0.05) is 18.7 Å². The number of hydrogen-bond acceptors (Lipinski definition) is 6. The maximum Gasteiger partial charge on any atom is 0.573 e. The standard InChI is InChI=1S/C19H21F3O6/c1-11(2)17(24)26-10-12-7-8-16(14(23)9-12)27-18(25)13-5-3-4-6-15(13)28-19(20,21)22/h3-6,12,14,16,23H,1,7-10H2,2H3.